The van der Waals surface area contributed by atoms with E-state index in [0.29, 0.717) is 51.7 Å². The minimum atomic E-state index is -0.472. The molecule has 3 saturated heterocycles. The first kappa shape index (κ1) is 20.6. The summed E-state index contributed by atoms with van der Waals surface area (Å²) in [6.07, 6.45) is -0.156. The van der Waals surface area contributed by atoms with Crippen molar-refractivity contribution in [1.82, 2.24) is 9.80 Å². The molecule has 1 aromatic carbocycles. The van der Waals surface area contributed by atoms with E-state index in [2.05, 4.69) is 4.90 Å². The second-order valence-electron chi connectivity index (χ2n) is 7.63. The first-order valence-electron chi connectivity index (χ1n) is 10.5. The van der Waals surface area contributed by atoms with Crippen molar-refractivity contribution >= 4 is 29.3 Å². The van der Waals surface area contributed by atoms with E-state index in [-0.39, 0.29) is 24.3 Å². The summed E-state index contributed by atoms with van der Waals surface area (Å²) < 4.78 is 10.4. The molecule has 1 aromatic rings. The minimum absolute atomic E-state index is 0.170. The average Bonchev–Trinajstić information content (AvgIpc) is 3.08. The largest absolute Gasteiger partial charge is 0.450 e. The number of amides is 3. The summed E-state index contributed by atoms with van der Waals surface area (Å²) >= 11 is 0. The fourth-order valence-corrected chi connectivity index (χ4v) is 4.24. The molecule has 0 radical (unpaired) electrons. The van der Waals surface area contributed by atoms with Gasteiger partial charge in [-0.05, 0) is 31.2 Å². The lowest BCUT2D eigenvalue weighted by Crippen LogP contribution is -2.54. The van der Waals surface area contributed by atoms with Crippen LogP contribution in [0.4, 0.5) is 16.2 Å². The number of ether oxygens (including phenoxy) is 2. The molecule has 0 aliphatic carbocycles. The number of hydrogen-bond donors (Lipinski definition) is 0. The number of anilines is 2. The number of imide groups is 1. The van der Waals surface area contributed by atoms with Crippen LogP contribution in [0.15, 0.2) is 24.3 Å². The second kappa shape index (κ2) is 9.01. The van der Waals surface area contributed by atoms with Crippen LogP contribution in [0.5, 0.6) is 0 Å². The predicted octanol–water partition coefficient (Wildman–Crippen LogP) is 0.929. The third-order valence-electron chi connectivity index (χ3n) is 5.89. The fraction of sp³-hybridized carbons (Fsp3) is 0.571. The normalized spacial score (nSPS) is 23.2. The van der Waals surface area contributed by atoms with E-state index in [1.807, 2.05) is 29.2 Å². The van der Waals surface area contributed by atoms with Gasteiger partial charge in [0, 0.05) is 45.0 Å². The molecule has 3 fully saturated rings. The highest BCUT2D eigenvalue weighted by molar-refractivity contribution is 6.22. The lowest BCUT2D eigenvalue weighted by Gasteiger charge is -2.36. The van der Waals surface area contributed by atoms with Gasteiger partial charge in [-0.15, -0.1) is 0 Å². The zero-order chi connectivity index (χ0) is 21.1. The van der Waals surface area contributed by atoms with Crippen molar-refractivity contribution in [3.05, 3.63) is 24.3 Å². The van der Waals surface area contributed by atoms with Gasteiger partial charge in [-0.3, -0.25) is 14.5 Å². The van der Waals surface area contributed by atoms with Gasteiger partial charge in [0.2, 0.25) is 5.91 Å². The van der Waals surface area contributed by atoms with E-state index in [0.717, 1.165) is 18.8 Å². The predicted molar refractivity (Wildman–Crippen MR) is 111 cm³/mol. The van der Waals surface area contributed by atoms with Crippen molar-refractivity contribution in [3.63, 3.8) is 0 Å². The van der Waals surface area contributed by atoms with Gasteiger partial charge in [-0.25, -0.2) is 9.69 Å². The topological polar surface area (TPSA) is 82.6 Å². The standard InChI is InChI=1S/C21H28N4O5/c1-2-30-21(28)24-9-7-23(8-10-24)18-15-19(26)25(20(18)27)17-5-3-16(4-6-17)22-11-13-29-14-12-22/h3-6,18H,2,7-15H2,1H3/t18-/m1/s1. The van der Waals surface area contributed by atoms with Crippen LogP contribution in [-0.2, 0) is 19.1 Å². The van der Waals surface area contributed by atoms with Crippen LogP contribution in [0.2, 0.25) is 0 Å². The van der Waals surface area contributed by atoms with Gasteiger partial charge in [0.15, 0.2) is 0 Å². The van der Waals surface area contributed by atoms with Gasteiger partial charge >= 0.3 is 6.09 Å². The molecule has 1 atom stereocenters. The van der Waals surface area contributed by atoms with E-state index < -0.39 is 6.04 Å². The highest BCUT2D eigenvalue weighted by Crippen LogP contribution is 2.28. The summed E-state index contributed by atoms with van der Waals surface area (Å²) in [6, 6.07) is 7.10. The van der Waals surface area contributed by atoms with Crippen molar-refractivity contribution in [1.29, 1.82) is 0 Å². The van der Waals surface area contributed by atoms with Crippen LogP contribution in [0.25, 0.3) is 0 Å². The zero-order valence-corrected chi connectivity index (χ0v) is 17.3. The maximum absolute atomic E-state index is 13.1. The third kappa shape index (κ3) is 4.13. The molecular weight excluding hydrogens is 388 g/mol. The Labute approximate surface area is 176 Å². The monoisotopic (exact) mass is 416 g/mol. The second-order valence-corrected chi connectivity index (χ2v) is 7.63. The maximum atomic E-state index is 13.1. The van der Waals surface area contributed by atoms with Gasteiger partial charge in [0.1, 0.15) is 0 Å². The smallest absolute Gasteiger partial charge is 0.409 e. The lowest BCUT2D eigenvalue weighted by atomic mass is 10.2. The number of morpholine rings is 1. The van der Waals surface area contributed by atoms with Gasteiger partial charge in [0.25, 0.3) is 5.91 Å². The zero-order valence-electron chi connectivity index (χ0n) is 17.3. The highest BCUT2D eigenvalue weighted by Gasteiger charge is 2.43. The van der Waals surface area contributed by atoms with Crippen molar-refractivity contribution in [3.8, 4) is 0 Å². The Morgan fingerprint density at radius 1 is 1.00 bits per heavy atom. The molecule has 0 aromatic heterocycles. The van der Waals surface area contributed by atoms with E-state index >= 15 is 0 Å². The van der Waals surface area contributed by atoms with Crippen molar-refractivity contribution < 1.29 is 23.9 Å². The van der Waals surface area contributed by atoms with Crippen molar-refractivity contribution in [2.24, 2.45) is 0 Å². The Morgan fingerprint density at radius 2 is 1.63 bits per heavy atom. The molecule has 4 rings (SSSR count). The van der Waals surface area contributed by atoms with Crippen molar-refractivity contribution in [2.45, 2.75) is 19.4 Å². The number of hydrogen-bond acceptors (Lipinski definition) is 7. The number of carbonyl (C=O) groups excluding carboxylic acids is 3. The average molecular weight is 416 g/mol. The summed E-state index contributed by atoms with van der Waals surface area (Å²) in [6.45, 7) is 7.27. The molecular formula is C21H28N4O5. The Bertz CT molecular complexity index is 785. The number of carbonyl (C=O) groups is 3. The Hall–Kier alpha value is -2.65. The summed E-state index contributed by atoms with van der Waals surface area (Å²) in [5.41, 5.74) is 1.67. The molecule has 3 heterocycles. The first-order valence-corrected chi connectivity index (χ1v) is 10.5. The molecule has 0 N–H and O–H groups in total. The molecule has 3 aliphatic heterocycles. The molecule has 0 spiro atoms. The van der Waals surface area contributed by atoms with E-state index in [4.69, 9.17) is 9.47 Å². The molecule has 0 bridgehead atoms. The van der Waals surface area contributed by atoms with Gasteiger partial charge in [-0.2, -0.15) is 0 Å². The molecule has 9 heteroatoms. The molecule has 0 unspecified atom stereocenters. The Balaban J connectivity index is 1.39. The van der Waals surface area contributed by atoms with Crippen LogP contribution in [-0.4, -0.2) is 92.8 Å². The third-order valence-corrected chi connectivity index (χ3v) is 5.89. The number of nitrogens with zero attached hydrogens (tertiary/aromatic N) is 4. The van der Waals surface area contributed by atoms with Gasteiger partial charge in [-0.1, -0.05) is 0 Å². The molecule has 0 saturated carbocycles. The van der Waals surface area contributed by atoms with E-state index in [9.17, 15) is 14.4 Å². The highest BCUT2D eigenvalue weighted by atomic mass is 16.6. The Kier molecular flexibility index (Phi) is 6.19. The van der Waals surface area contributed by atoms with Crippen LogP contribution < -0.4 is 9.80 Å². The molecule has 162 valence electrons. The summed E-state index contributed by atoms with van der Waals surface area (Å²) in [4.78, 5) is 44.7. The number of rotatable bonds is 4. The van der Waals surface area contributed by atoms with E-state index in [1.165, 1.54) is 4.90 Å². The van der Waals surface area contributed by atoms with Crippen molar-refractivity contribution in [2.75, 3.05) is 68.9 Å². The van der Waals surface area contributed by atoms with E-state index in [1.54, 1.807) is 11.8 Å². The van der Waals surface area contributed by atoms with Crippen LogP contribution in [0, 0.1) is 0 Å². The van der Waals surface area contributed by atoms with Gasteiger partial charge in [0.05, 0.1) is 38.0 Å². The minimum Gasteiger partial charge on any atom is -0.450 e. The molecule has 9 nitrogen and oxygen atoms in total. The Morgan fingerprint density at radius 3 is 2.27 bits per heavy atom. The summed E-state index contributed by atoms with van der Waals surface area (Å²) in [5.74, 6) is -0.374. The molecule has 3 amide bonds. The van der Waals surface area contributed by atoms with Gasteiger partial charge < -0.3 is 19.3 Å². The number of benzene rings is 1. The summed E-state index contributed by atoms with van der Waals surface area (Å²) in [7, 11) is 0. The van der Waals surface area contributed by atoms with Crippen LogP contribution in [0.1, 0.15) is 13.3 Å². The lowest BCUT2D eigenvalue weighted by molar-refractivity contribution is -0.123. The molecule has 3 aliphatic rings. The van der Waals surface area contributed by atoms with Crippen LogP contribution >= 0.6 is 0 Å². The molecule has 30 heavy (non-hydrogen) atoms. The first-order chi connectivity index (χ1) is 14.6. The SMILES string of the molecule is CCOC(=O)N1CCN([C@@H]2CC(=O)N(c3ccc(N4CCOCC4)cc3)C2=O)CC1. The summed E-state index contributed by atoms with van der Waals surface area (Å²) in [5, 5.41) is 0. The number of piperazine rings is 1. The maximum Gasteiger partial charge on any atom is 0.409 e. The van der Waals surface area contributed by atoms with Crippen LogP contribution in [0.3, 0.4) is 0 Å². The quantitative estimate of drug-likeness (QED) is 0.676. The fourth-order valence-electron chi connectivity index (χ4n) is 4.24.